The number of nitro benzene ring substituents is 1. The summed E-state index contributed by atoms with van der Waals surface area (Å²) in [6.07, 6.45) is 4.37. The molecule has 8 nitrogen and oxygen atoms in total. The Hall–Kier alpha value is -3.03. The van der Waals surface area contributed by atoms with Gasteiger partial charge in [-0.15, -0.1) is 0 Å². The van der Waals surface area contributed by atoms with Crippen molar-refractivity contribution in [2.24, 2.45) is 0 Å². The first-order valence-electron chi connectivity index (χ1n) is 5.51. The Balaban J connectivity index is 2.38. The number of nitrogens with one attached hydrogen (secondary N) is 1. The number of aromatic nitrogens is 2. The minimum absolute atomic E-state index is 0.101. The van der Waals surface area contributed by atoms with Crippen molar-refractivity contribution in [3.8, 4) is 0 Å². The van der Waals surface area contributed by atoms with Crippen molar-refractivity contribution in [3.63, 3.8) is 0 Å². The summed E-state index contributed by atoms with van der Waals surface area (Å²) in [4.78, 5) is 29.6. The van der Waals surface area contributed by atoms with Crippen molar-refractivity contribution >= 4 is 23.2 Å². The maximum absolute atomic E-state index is 11.4. The van der Waals surface area contributed by atoms with Crippen molar-refractivity contribution in [3.05, 3.63) is 52.5 Å². The number of nitro groups is 1. The lowest BCUT2D eigenvalue weighted by Gasteiger charge is -2.07. The van der Waals surface area contributed by atoms with Crippen LogP contribution in [0.5, 0.6) is 0 Å². The van der Waals surface area contributed by atoms with Gasteiger partial charge in [0.15, 0.2) is 0 Å². The summed E-state index contributed by atoms with van der Waals surface area (Å²) in [5.41, 5.74) is 0.0607. The van der Waals surface area contributed by atoms with E-state index in [1.165, 1.54) is 37.8 Å². The lowest BCUT2D eigenvalue weighted by atomic mass is 10.1. The first-order valence-corrected chi connectivity index (χ1v) is 5.51. The molecule has 0 radical (unpaired) electrons. The normalized spacial score (nSPS) is 9.85. The van der Waals surface area contributed by atoms with Crippen LogP contribution < -0.4 is 5.32 Å². The average molecular weight is 274 g/mol. The molecule has 20 heavy (non-hydrogen) atoms. The third-order valence-electron chi connectivity index (χ3n) is 2.44. The molecule has 0 aliphatic rings. The van der Waals surface area contributed by atoms with Gasteiger partial charge in [-0.3, -0.25) is 15.1 Å². The van der Waals surface area contributed by atoms with E-state index in [1.807, 2.05) is 0 Å². The molecule has 2 rings (SSSR count). The molecule has 8 heteroatoms. The molecule has 1 N–H and O–H groups in total. The van der Waals surface area contributed by atoms with Crippen LogP contribution in [0.1, 0.15) is 10.4 Å². The fraction of sp³-hybridized carbons (Fsp3) is 0.0833. The zero-order chi connectivity index (χ0) is 14.5. The smallest absolute Gasteiger partial charge is 0.338 e. The second kappa shape index (κ2) is 5.74. The van der Waals surface area contributed by atoms with Crippen LogP contribution in [-0.2, 0) is 4.74 Å². The Kier molecular flexibility index (Phi) is 3.85. The van der Waals surface area contributed by atoms with E-state index >= 15 is 0 Å². The Bertz CT molecular complexity index is 645. The fourth-order valence-electron chi connectivity index (χ4n) is 1.53. The molecule has 0 amide bonds. The number of carbonyl (C=O) groups excluding carboxylic acids is 1. The van der Waals surface area contributed by atoms with Gasteiger partial charge >= 0.3 is 5.97 Å². The second-order valence-corrected chi connectivity index (χ2v) is 3.70. The summed E-state index contributed by atoms with van der Waals surface area (Å²) in [6.45, 7) is 0. The van der Waals surface area contributed by atoms with Gasteiger partial charge in [-0.2, -0.15) is 0 Å². The first kappa shape index (κ1) is 13.4. The Morgan fingerprint density at radius 1 is 1.40 bits per heavy atom. The van der Waals surface area contributed by atoms with Crippen molar-refractivity contribution in [1.29, 1.82) is 0 Å². The maximum atomic E-state index is 11.4. The largest absolute Gasteiger partial charge is 0.465 e. The number of rotatable bonds is 4. The van der Waals surface area contributed by atoms with Gasteiger partial charge in [0, 0.05) is 18.5 Å². The number of esters is 1. The minimum Gasteiger partial charge on any atom is -0.465 e. The van der Waals surface area contributed by atoms with Gasteiger partial charge in [0.2, 0.25) is 0 Å². The molecule has 1 aromatic carbocycles. The fourth-order valence-corrected chi connectivity index (χ4v) is 1.53. The molecule has 0 bridgehead atoms. The number of hydrogen-bond acceptors (Lipinski definition) is 7. The Morgan fingerprint density at radius 3 is 2.80 bits per heavy atom. The van der Waals surface area contributed by atoms with E-state index in [1.54, 1.807) is 0 Å². The number of nitrogens with zero attached hydrogens (tertiary/aromatic N) is 3. The molecule has 102 valence electrons. The minimum atomic E-state index is -0.640. The quantitative estimate of drug-likeness (QED) is 0.515. The number of hydrogen-bond donors (Lipinski definition) is 1. The molecular formula is C12H10N4O4. The van der Waals surface area contributed by atoms with E-state index in [-0.39, 0.29) is 16.9 Å². The highest BCUT2D eigenvalue weighted by molar-refractivity contribution is 5.91. The summed E-state index contributed by atoms with van der Waals surface area (Å²) >= 11 is 0. The number of carbonyl (C=O) groups is 1. The van der Waals surface area contributed by atoms with E-state index in [0.717, 1.165) is 6.07 Å². The van der Waals surface area contributed by atoms with E-state index in [0.29, 0.717) is 5.82 Å². The summed E-state index contributed by atoms with van der Waals surface area (Å²) in [5, 5.41) is 13.8. The monoisotopic (exact) mass is 274 g/mol. The van der Waals surface area contributed by atoms with Crippen molar-refractivity contribution in [2.75, 3.05) is 12.4 Å². The van der Waals surface area contributed by atoms with Crippen molar-refractivity contribution in [2.45, 2.75) is 0 Å². The first-order chi connectivity index (χ1) is 9.61. The summed E-state index contributed by atoms with van der Waals surface area (Å²) in [5.74, 6) is -0.277. The van der Waals surface area contributed by atoms with Gasteiger partial charge in [0.05, 0.1) is 23.8 Å². The van der Waals surface area contributed by atoms with E-state index in [9.17, 15) is 14.9 Å². The highest BCUT2D eigenvalue weighted by atomic mass is 16.6. The number of benzene rings is 1. The van der Waals surface area contributed by atoms with Crippen LogP contribution in [0.15, 0.2) is 36.8 Å². The van der Waals surface area contributed by atoms with Crippen LogP contribution in [-0.4, -0.2) is 28.0 Å². The average Bonchev–Trinajstić information content (AvgIpc) is 2.47. The molecule has 0 saturated carbocycles. The molecule has 1 heterocycles. The molecule has 2 aromatic rings. The molecule has 0 spiro atoms. The van der Waals surface area contributed by atoms with Gasteiger partial charge < -0.3 is 10.1 Å². The van der Waals surface area contributed by atoms with E-state index in [4.69, 9.17) is 0 Å². The van der Waals surface area contributed by atoms with Gasteiger partial charge in [-0.05, 0) is 12.1 Å². The van der Waals surface area contributed by atoms with Gasteiger partial charge in [0.25, 0.3) is 5.69 Å². The van der Waals surface area contributed by atoms with Crippen LogP contribution in [0.25, 0.3) is 0 Å². The maximum Gasteiger partial charge on any atom is 0.338 e. The Morgan fingerprint density at radius 2 is 2.20 bits per heavy atom. The predicted molar refractivity (Wildman–Crippen MR) is 69.8 cm³/mol. The van der Waals surface area contributed by atoms with E-state index < -0.39 is 10.9 Å². The van der Waals surface area contributed by atoms with Crippen LogP contribution in [0.3, 0.4) is 0 Å². The molecule has 0 saturated heterocycles. The van der Waals surface area contributed by atoms with Gasteiger partial charge in [-0.1, -0.05) is 0 Å². The molecule has 0 unspecified atom stereocenters. The van der Waals surface area contributed by atoms with Gasteiger partial charge in [0.1, 0.15) is 11.5 Å². The topological polar surface area (TPSA) is 107 Å². The van der Waals surface area contributed by atoms with Crippen LogP contribution in [0, 0.1) is 10.1 Å². The summed E-state index contributed by atoms with van der Waals surface area (Å²) in [7, 11) is 1.21. The summed E-state index contributed by atoms with van der Waals surface area (Å²) < 4.78 is 4.52. The highest BCUT2D eigenvalue weighted by Crippen LogP contribution is 2.28. The number of anilines is 2. The Labute approximate surface area is 113 Å². The van der Waals surface area contributed by atoms with E-state index in [2.05, 4.69) is 20.0 Å². The second-order valence-electron chi connectivity index (χ2n) is 3.70. The molecule has 0 aliphatic heterocycles. The third-order valence-corrected chi connectivity index (χ3v) is 2.44. The highest BCUT2D eigenvalue weighted by Gasteiger charge is 2.18. The zero-order valence-corrected chi connectivity index (χ0v) is 10.4. The molecule has 0 fully saturated rings. The van der Waals surface area contributed by atoms with Crippen molar-refractivity contribution < 1.29 is 14.5 Å². The lowest BCUT2D eigenvalue weighted by molar-refractivity contribution is -0.383. The number of methoxy groups -OCH3 is 1. The zero-order valence-electron chi connectivity index (χ0n) is 10.4. The van der Waals surface area contributed by atoms with Crippen LogP contribution in [0.4, 0.5) is 17.2 Å². The molecule has 0 aliphatic carbocycles. The number of ether oxygens (including phenoxy) is 1. The molecule has 1 aromatic heterocycles. The SMILES string of the molecule is COC(=O)c1ccc(Nc2cnccn2)c([N+](=O)[O-])c1. The standard InChI is InChI=1S/C12H10N4O4/c1-20-12(17)8-2-3-9(10(6-8)16(18)19)15-11-7-13-4-5-14-11/h2-7H,1H3,(H,14,15). The van der Waals surface area contributed by atoms with Crippen LogP contribution in [0.2, 0.25) is 0 Å². The lowest BCUT2D eigenvalue weighted by Crippen LogP contribution is -2.04. The summed E-state index contributed by atoms with van der Waals surface area (Å²) in [6, 6.07) is 3.99. The van der Waals surface area contributed by atoms with Crippen molar-refractivity contribution in [1.82, 2.24) is 9.97 Å². The third kappa shape index (κ3) is 2.86. The van der Waals surface area contributed by atoms with Gasteiger partial charge in [-0.25, -0.2) is 9.78 Å². The molecule has 0 atom stereocenters. The predicted octanol–water partition coefficient (Wildman–Crippen LogP) is 1.91. The van der Waals surface area contributed by atoms with Crippen LogP contribution >= 0.6 is 0 Å². The molecular weight excluding hydrogens is 264 g/mol.